The number of ether oxygens (including phenoxy) is 1. The second-order valence-corrected chi connectivity index (χ2v) is 5.83. The number of benzene rings is 2. The summed E-state index contributed by atoms with van der Waals surface area (Å²) in [5.74, 6) is -0.671. The van der Waals surface area contributed by atoms with E-state index in [2.05, 4.69) is 28.4 Å². The number of carbonyl (C=O) groups is 2. The standard InChI is InChI=1S/C19H21ClN2O3/c1-3-13-6-4-5-7-16(13)21-11-10-18(23)22-17-12-14(19(24)25-2)8-9-15(17)20/h4-9,12,21H,3,10-11H2,1-2H3,(H,22,23). The molecule has 0 aliphatic carbocycles. The molecule has 2 aromatic rings. The molecule has 0 unspecified atom stereocenters. The molecule has 0 aromatic heterocycles. The van der Waals surface area contributed by atoms with Gasteiger partial charge in [0.1, 0.15) is 0 Å². The average molecular weight is 361 g/mol. The molecule has 5 nitrogen and oxygen atoms in total. The lowest BCUT2D eigenvalue weighted by Crippen LogP contribution is -2.17. The lowest BCUT2D eigenvalue weighted by atomic mass is 10.1. The minimum absolute atomic E-state index is 0.189. The van der Waals surface area contributed by atoms with Crippen LogP contribution in [0.15, 0.2) is 42.5 Å². The first-order valence-electron chi connectivity index (χ1n) is 8.04. The van der Waals surface area contributed by atoms with Gasteiger partial charge < -0.3 is 15.4 Å². The fourth-order valence-electron chi connectivity index (χ4n) is 2.39. The van der Waals surface area contributed by atoms with Gasteiger partial charge in [0.05, 0.1) is 23.4 Å². The van der Waals surface area contributed by atoms with Gasteiger partial charge in [-0.3, -0.25) is 4.79 Å². The smallest absolute Gasteiger partial charge is 0.337 e. The Labute approximate surface area is 152 Å². The summed E-state index contributed by atoms with van der Waals surface area (Å²) in [4.78, 5) is 23.7. The van der Waals surface area contributed by atoms with Gasteiger partial charge in [0, 0.05) is 18.7 Å². The second kappa shape index (κ2) is 9.08. The van der Waals surface area contributed by atoms with Gasteiger partial charge in [-0.25, -0.2) is 4.79 Å². The lowest BCUT2D eigenvalue weighted by molar-refractivity contribution is -0.115. The summed E-state index contributed by atoms with van der Waals surface area (Å²) >= 11 is 6.08. The van der Waals surface area contributed by atoms with Crippen molar-refractivity contribution in [1.29, 1.82) is 0 Å². The number of esters is 1. The van der Waals surface area contributed by atoms with E-state index in [9.17, 15) is 9.59 Å². The first-order valence-corrected chi connectivity index (χ1v) is 8.42. The summed E-state index contributed by atoms with van der Waals surface area (Å²) < 4.78 is 4.67. The largest absolute Gasteiger partial charge is 0.465 e. The molecule has 1 amide bonds. The topological polar surface area (TPSA) is 67.4 Å². The van der Waals surface area contributed by atoms with Crippen LogP contribution in [0.5, 0.6) is 0 Å². The highest BCUT2D eigenvalue weighted by molar-refractivity contribution is 6.33. The Hall–Kier alpha value is -2.53. The van der Waals surface area contributed by atoms with Crippen molar-refractivity contribution in [3.8, 4) is 0 Å². The summed E-state index contributed by atoms with van der Waals surface area (Å²) in [6.07, 6.45) is 1.20. The number of amides is 1. The zero-order valence-electron chi connectivity index (χ0n) is 14.3. The summed E-state index contributed by atoms with van der Waals surface area (Å²) in [7, 11) is 1.30. The fraction of sp³-hybridized carbons (Fsp3) is 0.263. The molecule has 0 aliphatic heterocycles. The third-order valence-electron chi connectivity index (χ3n) is 3.73. The zero-order chi connectivity index (χ0) is 18.2. The first kappa shape index (κ1) is 18.8. The normalized spacial score (nSPS) is 10.2. The molecule has 0 spiro atoms. The highest BCUT2D eigenvalue weighted by atomic mass is 35.5. The predicted octanol–water partition coefficient (Wildman–Crippen LogP) is 4.13. The molecule has 0 bridgehead atoms. The van der Waals surface area contributed by atoms with E-state index >= 15 is 0 Å². The lowest BCUT2D eigenvalue weighted by Gasteiger charge is -2.12. The molecule has 0 atom stereocenters. The maximum atomic E-state index is 12.1. The van der Waals surface area contributed by atoms with Gasteiger partial charge in [-0.2, -0.15) is 0 Å². The van der Waals surface area contributed by atoms with Gasteiger partial charge in [0.25, 0.3) is 0 Å². The van der Waals surface area contributed by atoms with Crippen LogP contribution in [0.3, 0.4) is 0 Å². The number of carbonyl (C=O) groups excluding carboxylic acids is 2. The molecule has 25 heavy (non-hydrogen) atoms. The molecule has 0 saturated heterocycles. The average Bonchev–Trinajstić information content (AvgIpc) is 2.63. The molecule has 0 radical (unpaired) electrons. The number of hydrogen-bond donors (Lipinski definition) is 2. The van der Waals surface area contributed by atoms with Crippen molar-refractivity contribution >= 4 is 34.9 Å². The van der Waals surface area contributed by atoms with Crippen LogP contribution in [0.1, 0.15) is 29.3 Å². The van der Waals surface area contributed by atoms with E-state index in [1.54, 1.807) is 12.1 Å². The van der Waals surface area contributed by atoms with Crippen molar-refractivity contribution in [3.63, 3.8) is 0 Å². The Bertz CT molecular complexity index is 762. The van der Waals surface area contributed by atoms with E-state index in [-0.39, 0.29) is 12.3 Å². The van der Waals surface area contributed by atoms with Crippen molar-refractivity contribution in [2.24, 2.45) is 0 Å². The Kier molecular flexibility index (Phi) is 6.83. The van der Waals surface area contributed by atoms with Gasteiger partial charge >= 0.3 is 5.97 Å². The summed E-state index contributed by atoms with van der Waals surface area (Å²) in [6, 6.07) is 12.6. The van der Waals surface area contributed by atoms with Crippen molar-refractivity contribution in [2.75, 3.05) is 24.3 Å². The fourth-order valence-corrected chi connectivity index (χ4v) is 2.56. The number of aryl methyl sites for hydroxylation is 1. The minimum atomic E-state index is -0.481. The van der Waals surface area contributed by atoms with E-state index in [0.29, 0.717) is 22.8 Å². The van der Waals surface area contributed by atoms with Crippen LogP contribution in [0, 0.1) is 0 Å². The van der Waals surface area contributed by atoms with Crippen LogP contribution in [0.25, 0.3) is 0 Å². The Morgan fingerprint density at radius 2 is 1.88 bits per heavy atom. The third kappa shape index (κ3) is 5.22. The summed E-state index contributed by atoms with van der Waals surface area (Å²) in [6.45, 7) is 2.58. The van der Waals surface area contributed by atoms with E-state index < -0.39 is 5.97 Å². The van der Waals surface area contributed by atoms with Crippen molar-refractivity contribution in [3.05, 3.63) is 58.6 Å². The van der Waals surface area contributed by atoms with Crippen LogP contribution in [-0.4, -0.2) is 25.5 Å². The van der Waals surface area contributed by atoms with Crippen LogP contribution < -0.4 is 10.6 Å². The number of para-hydroxylation sites is 1. The van der Waals surface area contributed by atoms with Gasteiger partial charge in [0.2, 0.25) is 5.91 Å². The van der Waals surface area contributed by atoms with Crippen molar-refractivity contribution in [1.82, 2.24) is 0 Å². The first-order chi connectivity index (χ1) is 12.0. The Morgan fingerprint density at radius 1 is 1.12 bits per heavy atom. The number of halogens is 1. The van der Waals surface area contributed by atoms with Crippen LogP contribution >= 0.6 is 11.6 Å². The molecule has 0 heterocycles. The van der Waals surface area contributed by atoms with E-state index in [4.69, 9.17) is 11.6 Å². The number of hydrogen-bond acceptors (Lipinski definition) is 4. The zero-order valence-corrected chi connectivity index (χ0v) is 15.0. The third-order valence-corrected chi connectivity index (χ3v) is 4.06. The van der Waals surface area contributed by atoms with Crippen molar-refractivity contribution < 1.29 is 14.3 Å². The Balaban J connectivity index is 1.93. The summed E-state index contributed by atoms with van der Waals surface area (Å²) in [5.41, 5.74) is 2.96. The number of anilines is 2. The number of rotatable bonds is 7. The maximum Gasteiger partial charge on any atom is 0.337 e. The number of methoxy groups -OCH3 is 1. The molecule has 2 aromatic carbocycles. The molecule has 0 saturated carbocycles. The SMILES string of the molecule is CCc1ccccc1NCCC(=O)Nc1cc(C(=O)OC)ccc1Cl. The maximum absolute atomic E-state index is 12.1. The molecular formula is C19H21ClN2O3. The predicted molar refractivity (Wildman–Crippen MR) is 100 cm³/mol. The van der Waals surface area contributed by atoms with Crippen LogP contribution in [0.2, 0.25) is 5.02 Å². The molecule has 132 valence electrons. The van der Waals surface area contributed by atoms with Crippen molar-refractivity contribution in [2.45, 2.75) is 19.8 Å². The molecule has 0 fully saturated rings. The second-order valence-electron chi connectivity index (χ2n) is 5.42. The molecule has 2 rings (SSSR count). The Morgan fingerprint density at radius 3 is 2.60 bits per heavy atom. The van der Waals surface area contributed by atoms with E-state index in [0.717, 1.165) is 12.1 Å². The quantitative estimate of drug-likeness (QED) is 0.728. The van der Waals surface area contributed by atoms with E-state index in [1.807, 2.05) is 18.2 Å². The highest BCUT2D eigenvalue weighted by Crippen LogP contribution is 2.23. The van der Waals surface area contributed by atoms with Crippen LogP contribution in [0.4, 0.5) is 11.4 Å². The van der Waals surface area contributed by atoms with Gasteiger partial charge in [-0.05, 0) is 36.2 Å². The molecule has 0 aliphatic rings. The highest BCUT2D eigenvalue weighted by Gasteiger charge is 2.11. The monoisotopic (exact) mass is 360 g/mol. The van der Waals surface area contributed by atoms with Crippen LogP contribution in [-0.2, 0) is 16.0 Å². The molecular weight excluding hydrogens is 340 g/mol. The number of nitrogens with one attached hydrogen (secondary N) is 2. The van der Waals surface area contributed by atoms with Gasteiger partial charge in [0.15, 0.2) is 0 Å². The molecule has 6 heteroatoms. The minimum Gasteiger partial charge on any atom is -0.465 e. The van der Waals surface area contributed by atoms with E-state index in [1.165, 1.54) is 18.7 Å². The van der Waals surface area contributed by atoms with Gasteiger partial charge in [-0.15, -0.1) is 0 Å². The summed E-state index contributed by atoms with van der Waals surface area (Å²) in [5, 5.41) is 6.36. The van der Waals surface area contributed by atoms with Gasteiger partial charge in [-0.1, -0.05) is 36.7 Å². The molecule has 2 N–H and O–H groups in total.